The zero-order valence-corrected chi connectivity index (χ0v) is 19.9. The van der Waals surface area contributed by atoms with Gasteiger partial charge >= 0.3 is 14.9 Å². The summed E-state index contributed by atoms with van der Waals surface area (Å²) < 4.78 is 35.1. The highest BCUT2D eigenvalue weighted by molar-refractivity contribution is 6.60. The van der Waals surface area contributed by atoms with E-state index in [0.717, 1.165) is 0 Å². The molecule has 30 heavy (non-hydrogen) atoms. The van der Waals surface area contributed by atoms with Gasteiger partial charge in [-0.15, -0.1) is 0 Å². The first-order valence-electron chi connectivity index (χ1n) is 11.1. The van der Waals surface area contributed by atoms with Crippen molar-refractivity contribution >= 4 is 14.9 Å². The van der Waals surface area contributed by atoms with Crippen molar-refractivity contribution in [2.24, 2.45) is 11.8 Å². The van der Waals surface area contributed by atoms with Gasteiger partial charge in [-0.25, -0.2) is 4.79 Å². The van der Waals surface area contributed by atoms with Crippen molar-refractivity contribution in [2.75, 3.05) is 52.7 Å². The Kier molecular flexibility index (Phi) is 10.5. The molecule has 0 unspecified atom stereocenters. The van der Waals surface area contributed by atoms with Gasteiger partial charge in [-0.05, 0) is 26.7 Å². The molecule has 1 amide bonds. The number of hydrogen-bond acceptors (Lipinski definition) is 7. The largest absolute Gasteiger partial charge is 0.501 e. The lowest BCUT2D eigenvalue weighted by Crippen LogP contribution is -2.51. The Morgan fingerprint density at radius 3 is 2.20 bits per heavy atom. The summed E-state index contributed by atoms with van der Waals surface area (Å²) in [6.07, 6.45) is 0.762. The molecule has 2 aliphatic heterocycles. The Hall–Kier alpha value is -0.753. The van der Waals surface area contributed by atoms with E-state index in [2.05, 4.69) is 13.8 Å². The van der Waals surface area contributed by atoms with Crippen LogP contribution < -0.4 is 0 Å². The van der Waals surface area contributed by atoms with Gasteiger partial charge in [0.25, 0.3) is 5.97 Å². The average molecular weight is 450 g/mol. The summed E-state index contributed by atoms with van der Waals surface area (Å²) in [5.41, 5.74) is 0. The molecule has 0 bridgehead atoms. The lowest BCUT2D eigenvalue weighted by atomic mass is 10.2. The molecular weight excluding hydrogens is 410 g/mol. The summed E-state index contributed by atoms with van der Waals surface area (Å²) in [4.78, 5) is 13.1. The van der Waals surface area contributed by atoms with Crippen LogP contribution in [0, 0.1) is 11.8 Å². The fraction of sp³-hybridized carbons (Fsp3) is 0.950. The summed E-state index contributed by atoms with van der Waals surface area (Å²) in [7, 11) is -2.69. The number of hydrogen-bond donors (Lipinski definition) is 1. The zero-order chi connectivity index (χ0) is 22.0. The van der Waals surface area contributed by atoms with E-state index >= 15 is 0 Å². The Balaban J connectivity index is 1.80. The minimum absolute atomic E-state index is 0.322. The molecular formula is C20H39NO8Si. The Morgan fingerprint density at radius 2 is 1.63 bits per heavy atom. The summed E-state index contributed by atoms with van der Waals surface area (Å²) in [5, 5.41) is 9.60. The van der Waals surface area contributed by atoms with Crippen molar-refractivity contribution in [2.45, 2.75) is 59.0 Å². The predicted octanol–water partition coefficient (Wildman–Crippen LogP) is 3.17. The minimum Gasteiger partial charge on any atom is -0.465 e. The fourth-order valence-electron chi connectivity index (χ4n) is 3.57. The molecule has 0 aliphatic carbocycles. The van der Waals surface area contributed by atoms with E-state index < -0.39 is 20.9 Å². The molecule has 0 spiro atoms. The van der Waals surface area contributed by atoms with Gasteiger partial charge in [0, 0.05) is 63.8 Å². The molecule has 2 aliphatic rings. The number of carbonyl (C=O) groups is 1. The van der Waals surface area contributed by atoms with Crippen molar-refractivity contribution in [3.8, 4) is 0 Å². The Labute approximate surface area is 181 Å². The van der Waals surface area contributed by atoms with Crippen molar-refractivity contribution in [1.82, 2.24) is 4.90 Å². The molecule has 2 fully saturated rings. The predicted molar refractivity (Wildman–Crippen MR) is 112 cm³/mol. The van der Waals surface area contributed by atoms with Gasteiger partial charge in [0.15, 0.2) is 0 Å². The molecule has 2 rings (SSSR count). The maximum Gasteiger partial charge on any atom is 0.501 e. The number of carboxylic acid groups (broad SMARTS) is 1. The third kappa shape index (κ3) is 7.74. The first-order chi connectivity index (χ1) is 14.3. The van der Waals surface area contributed by atoms with E-state index in [9.17, 15) is 9.90 Å². The fourth-order valence-corrected chi connectivity index (χ4v) is 6.36. The van der Waals surface area contributed by atoms with Gasteiger partial charge in [0.2, 0.25) is 0 Å². The van der Waals surface area contributed by atoms with E-state index in [1.165, 1.54) is 4.90 Å². The molecule has 0 atom stereocenters. The summed E-state index contributed by atoms with van der Waals surface area (Å²) >= 11 is 0. The van der Waals surface area contributed by atoms with E-state index in [-0.39, 0.29) is 0 Å². The number of nitrogens with zero attached hydrogens (tertiary/aromatic N) is 1. The van der Waals surface area contributed by atoms with E-state index in [1.54, 1.807) is 0 Å². The molecule has 0 radical (unpaired) electrons. The van der Waals surface area contributed by atoms with E-state index in [0.29, 0.717) is 89.9 Å². The second kappa shape index (κ2) is 12.3. The molecule has 9 nitrogen and oxygen atoms in total. The lowest BCUT2D eigenvalue weighted by molar-refractivity contribution is -0.408. The van der Waals surface area contributed by atoms with Crippen LogP contribution in [0.3, 0.4) is 0 Å². The SMILES string of the molecule is CCOC1(CCCN(CCC[Si]2(OCC)OCC(C)CO2)C(=O)O)OCC(C)CO1. The highest BCUT2D eigenvalue weighted by Crippen LogP contribution is 2.28. The normalized spacial score (nSPS) is 32.1. The number of rotatable bonds is 12. The van der Waals surface area contributed by atoms with E-state index in [1.807, 2.05) is 13.8 Å². The molecule has 0 saturated carbocycles. The van der Waals surface area contributed by atoms with Crippen LogP contribution in [0.2, 0.25) is 6.04 Å². The molecule has 10 heteroatoms. The molecule has 176 valence electrons. The molecule has 2 saturated heterocycles. The maximum atomic E-state index is 11.7. The zero-order valence-electron chi connectivity index (χ0n) is 18.9. The summed E-state index contributed by atoms with van der Waals surface area (Å²) in [5.74, 6) is -0.382. The highest BCUT2D eigenvalue weighted by atomic mass is 28.4. The van der Waals surface area contributed by atoms with Crippen LogP contribution in [-0.2, 0) is 27.5 Å². The first kappa shape index (κ1) is 25.5. The quantitative estimate of drug-likeness (QED) is 0.454. The van der Waals surface area contributed by atoms with Crippen molar-refractivity contribution in [3.05, 3.63) is 0 Å². The van der Waals surface area contributed by atoms with Crippen LogP contribution in [-0.4, -0.2) is 83.6 Å². The van der Waals surface area contributed by atoms with Crippen molar-refractivity contribution in [3.63, 3.8) is 0 Å². The van der Waals surface area contributed by atoms with Gasteiger partial charge in [-0.1, -0.05) is 13.8 Å². The number of amides is 1. The molecule has 1 N–H and O–H groups in total. The molecule has 0 aromatic heterocycles. The standard InChI is InChI=1S/C20H39NO8Si/c1-5-24-20(25-13-17(3)14-26-20)9-7-10-21(19(22)23)11-8-12-30(27-6-2)28-15-18(4)16-29-30/h17-18H,5-16H2,1-4H3,(H,22,23). The number of ether oxygens (including phenoxy) is 3. The van der Waals surface area contributed by atoms with Gasteiger partial charge < -0.3 is 37.5 Å². The van der Waals surface area contributed by atoms with Gasteiger partial charge in [0.05, 0.1) is 13.2 Å². The highest BCUT2D eigenvalue weighted by Gasteiger charge is 2.44. The minimum atomic E-state index is -2.69. The van der Waals surface area contributed by atoms with Crippen LogP contribution in [0.25, 0.3) is 0 Å². The van der Waals surface area contributed by atoms with E-state index in [4.69, 9.17) is 27.5 Å². The molecule has 0 aromatic rings. The Bertz CT molecular complexity index is 469. The second-order valence-corrected chi connectivity index (χ2v) is 10.9. The monoisotopic (exact) mass is 449 g/mol. The average Bonchev–Trinajstić information content (AvgIpc) is 2.72. The maximum absolute atomic E-state index is 11.7. The van der Waals surface area contributed by atoms with Gasteiger partial charge in [-0.3, -0.25) is 0 Å². The topological polar surface area (TPSA) is 95.9 Å². The summed E-state index contributed by atoms with van der Waals surface area (Å²) in [6.45, 7) is 12.1. The Morgan fingerprint density at radius 1 is 1.03 bits per heavy atom. The van der Waals surface area contributed by atoms with Crippen LogP contribution in [0.15, 0.2) is 0 Å². The lowest BCUT2D eigenvalue weighted by Gasteiger charge is -2.38. The van der Waals surface area contributed by atoms with Crippen LogP contribution >= 0.6 is 0 Å². The third-order valence-electron chi connectivity index (χ3n) is 5.17. The molecule has 0 aromatic carbocycles. The van der Waals surface area contributed by atoms with Crippen molar-refractivity contribution in [1.29, 1.82) is 0 Å². The van der Waals surface area contributed by atoms with Gasteiger partial charge in [0.1, 0.15) is 0 Å². The van der Waals surface area contributed by atoms with Gasteiger partial charge in [-0.2, -0.15) is 0 Å². The van der Waals surface area contributed by atoms with Crippen LogP contribution in [0.4, 0.5) is 4.79 Å². The molecule has 2 heterocycles. The smallest absolute Gasteiger partial charge is 0.465 e. The first-order valence-corrected chi connectivity index (χ1v) is 13.1. The van der Waals surface area contributed by atoms with Crippen LogP contribution in [0.5, 0.6) is 0 Å². The second-order valence-electron chi connectivity index (χ2n) is 8.16. The summed E-state index contributed by atoms with van der Waals surface area (Å²) in [6, 6.07) is 0.615. The third-order valence-corrected chi connectivity index (χ3v) is 8.08. The van der Waals surface area contributed by atoms with Crippen LogP contribution in [0.1, 0.15) is 47.0 Å². The van der Waals surface area contributed by atoms with Crippen molar-refractivity contribution < 1.29 is 37.4 Å².